The minimum atomic E-state index is 0.640. The van der Waals surface area contributed by atoms with Crippen molar-refractivity contribution in [2.45, 2.75) is 25.3 Å². The van der Waals surface area contributed by atoms with E-state index in [4.69, 9.17) is 4.74 Å². The van der Waals surface area contributed by atoms with Crippen LogP contribution in [0.3, 0.4) is 0 Å². The third-order valence-electron chi connectivity index (χ3n) is 3.91. The van der Waals surface area contributed by atoms with Gasteiger partial charge in [-0.25, -0.2) is 0 Å². The molecular weight excluding hydrogens is 212 g/mol. The smallest absolute Gasteiger partial charge is 0.142 e. The first-order valence-electron chi connectivity index (χ1n) is 6.53. The number of hydrogen-bond acceptors (Lipinski definition) is 3. The van der Waals surface area contributed by atoms with Gasteiger partial charge in [-0.1, -0.05) is 12.1 Å². The maximum atomic E-state index is 5.54. The van der Waals surface area contributed by atoms with Gasteiger partial charge in [0.2, 0.25) is 0 Å². The van der Waals surface area contributed by atoms with Crippen LogP contribution in [0, 0.1) is 0 Å². The molecule has 2 aliphatic rings. The maximum absolute atomic E-state index is 5.54. The van der Waals surface area contributed by atoms with Crippen molar-refractivity contribution in [1.29, 1.82) is 0 Å². The molecule has 1 saturated heterocycles. The molecule has 0 unspecified atom stereocenters. The summed E-state index contributed by atoms with van der Waals surface area (Å²) in [6.45, 7) is 3.39. The van der Waals surface area contributed by atoms with Gasteiger partial charge in [-0.3, -0.25) is 0 Å². The highest BCUT2D eigenvalue weighted by Crippen LogP contribution is 2.38. The molecule has 0 radical (unpaired) electrons. The van der Waals surface area contributed by atoms with Crippen LogP contribution >= 0.6 is 0 Å². The number of aryl methyl sites for hydroxylation is 1. The van der Waals surface area contributed by atoms with E-state index in [1.54, 1.807) is 7.11 Å². The first-order valence-corrected chi connectivity index (χ1v) is 6.53. The topological polar surface area (TPSA) is 24.5 Å². The van der Waals surface area contributed by atoms with Gasteiger partial charge < -0.3 is 15.0 Å². The van der Waals surface area contributed by atoms with Gasteiger partial charge in [-0.05, 0) is 37.4 Å². The van der Waals surface area contributed by atoms with Crippen LogP contribution in [0.1, 0.15) is 18.4 Å². The predicted molar refractivity (Wildman–Crippen MR) is 69.9 cm³/mol. The van der Waals surface area contributed by atoms with Crippen LogP contribution in [-0.4, -0.2) is 32.8 Å². The zero-order valence-electron chi connectivity index (χ0n) is 10.4. The molecular formula is C14H20N2O. The average Bonchev–Trinajstić information content (AvgIpc) is 2.62. The Bertz CT molecular complexity index is 391. The van der Waals surface area contributed by atoms with Gasteiger partial charge >= 0.3 is 0 Å². The van der Waals surface area contributed by atoms with E-state index in [0.29, 0.717) is 6.04 Å². The minimum absolute atomic E-state index is 0.640. The van der Waals surface area contributed by atoms with Crippen molar-refractivity contribution in [3.8, 4) is 5.75 Å². The van der Waals surface area contributed by atoms with Crippen molar-refractivity contribution in [2.24, 2.45) is 0 Å². The van der Waals surface area contributed by atoms with E-state index >= 15 is 0 Å². The Kier molecular flexibility index (Phi) is 2.93. The van der Waals surface area contributed by atoms with Crippen LogP contribution in [0.2, 0.25) is 0 Å². The lowest BCUT2D eigenvalue weighted by Gasteiger charge is -2.38. The number of nitrogens with one attached hydrogen (secondary N) is 1. The molecule has 3 rings (SSSR count). The van der Waals surface area contributed by atoms with E-state index in [1.165, 1.54) is 30.5 Å². The largest absolute Gasteiger partial charge is 0.495 e. The Morgan fingerprint density at radius 1 is 1.41 bits per heavy atom. The van der Waals surface area contributed by atoms with E-state index in [-0.39, 0.29) is 0 Å². The van der Waals surface area contributed by atoms with Crippen LogP contribution in [-0.2, 0) is 6.42 Å². The molecule has 1 aromatic carbocycles. The second-order valence-corrected chi connectivity index (χ2v) is 4.91. The number of para-hydroxylation sites is 1. The summed E-state index contributed by atoms with van der Waals surface area (Å²) in [6, 6.07) is 7.07. The second kappa shape index (κ2) is 4.57. The van der Waals surface area contributed by atoms with Crippen molar-refractivity contribution in [3.05, 3.63) is 23.8 Å². The fraction of sp³-hybridized carbons (Fsp3) is 0.571. The molecule has 2 aliphatic heterocycles. The molecule has 0 spiro atoms. The molecule has 1 aromatic rings. The summed E-state index contributed by atoms with van der Waals surface area (Å²) in [5.74, 6) is 1.04. The minimum Gasteiger partial charge on any atom is -0.495 e. The summed E-state index contributed by atoms with van der Waals surface area (Å²) in [7, 11) is 1.77. The van der Waals surface area contributed by atoms with E-state index in [0.717, 1.165) is 25.4 Å². The molecule has 1 atom stereocenters. The molecule has 17 heavy (non-hydrogen) atoms. The standard InChI is InChI=1S/C14H20N2O/c1-17-13-5-2-4-11-6-7-12-10-15-8-3-9-16(12)14(11)13/h2,4-5,12,15H,3,6-10H2,1H3/t12-/m1/s1. The molecule has 0 saturated carbocycles. The molecule has 1 N–H and O–H groups in total. The average molecular weight is 232 g/mol. The quantitative estimate of drug-likeness (QED) is 0.799. The fourth-order valence-electron chi connectivity index (χ4n) is 3.07. The van der Waals surface area contributed by atoms with E-state index in [1.807, 2.05) is 0 Å². The highest BCUT2D eigenvalue weighted by molar-refractivity contribution is 5.66. The number of nitrogens with zero attached hydrogens (tertiary/aromatic N) is 1. The van der Waals surface area contributed by atoms with Crippen LogP contribution in [0.5, 0.6) is 5.75 Å². The van der Waals surface area contributed by atoms with Crippen molar-refractivity contribution in [2.75, 3.05) is 31.6 Å². The van der Waals surface area contributed by atoms with Gasteiger partial charge in [-0.2, -0.15) is 0 Å². The van der Waals surface area contributed by atoms with Crippen molar-refractivity contribution < 1.29 is 4.74 Å². The van der Waals surface area contributed by atoms with E-state index < -0.39 is 0 Å². The number of hydrogen-bond donors (Lipinski definition) is 1. The number of methoxy groups -OCH3 is 1. The van der Waals surface area contributed by atoms with E-state index in [2.05, 4.69) is 28.4 Å². The Morgan fingerprint density at radius 2 is 2.35 bits per heavy atom. The Balaban J connectivity index is 2.02. The highest BCUT2D eigenvalue weighted by Gasteiger charge is 2.29. The van der Waals surface area contributed by atoms with Crippen LogP contribution < -0.4 is 15.0 Å². The lowest BCUT2D eigenvalue weighted by Crippen LogP contribution is -2.43. The molecule has 0 bridgehead atoms. The first kappa shape index (κ1) is 10.9. The number of ether oxygens (including phenoxy) is 1. The summed E-state index contributed by atoms with van der Waals surface area (Å²) in [5, 5.41) is 3.53. The van der Waals surface area contributed by atoms with Crippen LogP contribution in [0.15, 0.2) is 18.2 Å². The van der Waals surface area contributed by atoms with Gasteiger partial charge in [-0.15, -0.1) is 0 Å². The van der Waals surface area contributed by atoms with Crippen molar-refractivity contribution >= 4 is 5.69 Å². The Morgan fingerprint density at radius 3 is 3.24 bits per heavy atom. The summed E-state index contributed by atoms with van der Waals surface area (Å²) in [5.41, 5.74) is 2.79. The Labute approximate surface area is 103 Å². The normalized spacial score (nSPS) is 23.6. The zero-order valence-corrected chi connectivity index (χ0v) is 10.4. The molecule has 3 nitrogen and oxygen atoms in total. The fourth-order valence-corrected chi connectivity index (χ4v) is 3.07. The number of rotatable bonds is 1. The molecule has 0 aliphatic carbocycles. The number of anilines is 1. The van der Waals surface area contributed by atoms with Crippen LogP contribution in [0.4, 0.5) is 5.69 Å². The lowest BCUT2D eigenvalue weighted by atomic mass is 9.95. The van der Waals surface area contributed by atoms with Crippen molar-refractivity contribution in [1.82, 2.24) is 5.32 Å². The molecule has 0 amide bonds. The number of fused-ring (bicyclic) bond motifs is 3. The third-order valence-corrected chi connectivity index (χ3v) is 3.91. The lowest BCUT2D eigenvalue weighted by molar-refractivity contribution is 0.408. The summed E-state index contributed by atoms with van der Waals surface area (Å²) < 4.78 is 5.54. The molecule has 3 heteroatoms. The van der Waals surface area contributed by atoms with Gasteiger partial charge in [0.25, 0.3) is 0 Å². The molecule has 0 aromatic heterocycles. The van der Waals surface area contributed by atoms with E-state index in [9.17, 15) is 0 Å². The predicted octanol–water partition coefficient (Wildman–Crippen LogP) is 1.81. The molecule has 2 heterocycles. The van der Waals surface area contributed by atoms with Crippen molar-refractivity contribution in [3.63, 3.8) is 0 Å². The SMILES string of the molecule is COc1cccc2c1N1CCCNC[C@H]1CC2. The summed E-state index contributed by atoms with van der Waals surface area (Å²) >= 11 is 0. The molecule has 92 valence electrons. The monoisotopic (exact) mass is 232 g/mol. The van der Waals surface area contributed by atoms with Gasteiger partial charge in [0, 0.05) is 19.1 Å². The highest BCUT2D eigenvalue weighted by atomic mass is 16.5. The number of benzene rings is 1. The summed E-state index contributed by atoms with van der Waals surface area (Å²) in [6.07, 6.45) is 3.65. The Hall–Kier alpha value is -1.22. The maximum Gasteiger partial charge on any atom is 0.142 e. The van der Waals surface area contributed by atoms with Gasteiger partial charge in [0.1, 0.15) is 5.75 Å². The third kappa shape index (κ3) is 1.89. The van der Waals surface area contributed by atoms with Gasteiger partial charge in [0.15, 0.2) is 0 Å². The summed E-state index contributed by atoms with van der Waals surface area (Å²) in [4.78, 5) is 2.55. The second-order valence-electron chi connectivity index (χ2n) is 4.91. The van der Waals surface area contributed by atoms with Gasteiger partial charge in [0.05, 0.1) is 12.8 Å². The first-order chi connectivity index (χ1) is 8.40. The van der Waals surface area contributed by atoms with Crippen LogP contribution in [0.25, 0.3) is 0 Å². The zero-order chi connectivity index (χ0) is 11.7. The molecule has 1 fully saturated rings.